The fourth-order valence-corrected chi connectivity index (χ4v) is 3.37. The molecule has 0 aliphatic carbocycles. The molecule has 0 radical (unpaired) electrons. The number of nitrogens with one attached hydrogen (secondary N) is 2. The van der Waals surface area contributed by atoms with Crippen molar-refractivity contribution in [1.82, 2.24) is 0 Å². The summed E-state index contributed by atoms with van der Waals surface area (Å²) in [6.07, 6.45) is -0.270. The van der Waals surface area contributed by atoms with Crippen molar-refractivity contribution < 1.29 is 19.5 Å². The van der Waals surface area contributed by atoms with E-state index in [1.165, 1.54) is 11.8 Å². The van der Waals surface area contributed by atoms with Gasteiger partial charge in [0.25, 0.3) is 0 Å². The molecule has 2 aromatic carbocycles. The lowest BCUT2D eigenvalue weighted by atomic mass is 10.1. The number of benzene rings is 2. The average molecular weight is 401 g/mol. The largest absolute Gasteiger partial charge is 0.481 e. The van der Waals surface area contributed by atoms with Crippen molar-refractivity contribution in [3.63, 3.8) is 0 Å². The molecule has 0 fully saturated rings. The summed E-state index contributed by atoms with van der Waals surface area (Å²) in [5, 5.41) is 13.9. The average Bonchev–Trinajstić information content (AvgIpc) is 2.63. The summed E-state index contributed by atoms with van der Waals surface area (Å²) in [6.45, 7) is 5.81. The van der Waals surface area contributed by atoms with Crippen molar-refractivity contribution in [3.8, 4) is 0 Å². The Hall–Kier alpha value is -2.80. The molecule has 2 aromatic rings. The first kappa shape index (κ1) is 21.5. The van der Waals surface area contributed by atoms with Gasteiger partial charge in [0.05, 0.1) is 11.7 Å². The number of carbonyl (C=O) groups excluding carboxylic acids is 2. The number of hydrogen-bond acceptors (Lipinski definition) is 4. The first-order valence-electron chi connectivity index (χ1n) is 8.91. The summed E-state index contributed by atoms with van der Waals surface area (Å²) in [5.41, 5.74) is 3.57. The number of carboxylic acids is 1. The third kappa shape index (κ3) is 6.74. The van der Waals surface area contributed by atoms with Crippen LogP contribution in [0.25, 0.3) is 0 Å². The number of rotatable bonds is 8. The van der Waals surface area contributed by atoms with E-state index >= 15 is 0 Å². The molecule has 2 rings (SSSR count). The predicted octanol–water partition coefficient (Wildman–Crippen LogP) is 4.23. The molecule has 0 spiro atoms. The number of anilines is 2. The Kier molecular flexibility index (Phi) is 7.63. The van der Waals surface area contributed by atoms with Gasteiger partial charge in [-0.3, -0.25) is 14.4 Å². The molecule has 0 saturated carbocycles. The SMILES string of the molecule is Cc1ccc(NC(=O)C(C)Sc2ccc(NC(=O)CCC(=O)O)cc2)c(C)c1. The van der Waals surface area contributed by atoms with Gasteiger partial charge in [0.15, 0.2) is 0 Å². The summed E-state index contributed by atoms with van der Waals surface area (Å²) >= 11 is 1.42. The lowest BCUT2D eigenvalue weighted by molar-refractivity contribution is -0.138. The van der Waals surface area contributed by atoms with Crippen LogP contribution in [0.15, 0.2) is 47.4 Å². The maximum Gasteiger partial charge on any atom is 0.303 e. The third-order valence-corrected chi connectivity index (χ3v) is 5.14. The second-order valence-electron chi connectivity index (χ2n) is 6.53. The number of carboxylic acid groups (broad SMARTS) is 1. The van der Waals surface area contributed by atoms with Crippen LogP contribution in [0.1, 0.15) is 30.9 Å². The molecule has 0 aliphatic rings. The van der Waals surface area contributed by atoms with Gasteiger partial charge >= 0.3 is 5.97 Å². The monoisotopic (exact) mass is 400 g/mol. The van der Waals surface area contributed by atoms with Crippen LogP contribution in [0.5, 0.6) is 0 Å². The van der Waals surface area contributed by atoms with Crippen molar-refractivity contribution in [2.24, 2.45) is 0 Å². The highest BCUT2D eigenvalue weighted by Gasteiger charge is 2.15. The zero-order valence-corrected chi connectivity index (χ0v) is 16.9. The molecule has 0 aromatic heterocycles. The maximum atomic E-state index is 12.5. The second kappa shape index (κ2) is 9.94. The van der Waals surface area contributed by atoms with Crippen molar-refractivity contribution in [2.45, 2.75) is 43.8 Å². The Morgan fingerprint density at radius 1 is 1.00 bits per heavy atom. The van der Waals surface area contributed by atoms with E-state index in [0.717, 1.165) is 21.7 Å². The van der Waals surface area contributed by atoms with Gasteiger partial charge in [-0.2, -0.15) is 0 Å². The highest BCUT2D eigenvalue weighted by Crippen LogP contribution is 2.26. The molecular formula is C21H24N2O4S. The van der Waals surface area contributed by atoms with Crippen molar-refractivity contribution in [1.29, 1.82) is 0 Å². The van der Waals surface area contributed by atoms with Crippen LogP contribution < -0.4 is 10.6 Å². The van der Waals surface area contributed by atoms with Gasteiger partial charge in [-0.25, -0.2) is 0 Å². The molecule has 1 unspecified atom stereocenters. The van der Waals surface area contributed by atoms with E-state index in [9.17, 15) is 14.4 Å². The van der Waals surface area contributed by atoms with Crippen molar-refractivity contribution >= 4 is 40.9 Å². The van der Waals surface area contributed by atoms with Crippen LogP contribution in [0, 0.1) is 13.8 Å². The summed E-state index contributed by atoms with van der Waals surface area (Å²) in [5.74, 6) is -1.43. The van der Waals surface area contributed by atoms with Crippen LogP contribution in [0.2, 0.25) is 0 Å². The molecule has 0 bridgehead atoms. The Labute approximate surface area is 168 Å². The van der Waals surface area contributed by atoms with E-state index < -0.39 is 5.97 Å². The van der Waals surface area contributed by atoms with E-state index in [1.54, 1.807) is 12.1 Å². The Morgan fingerprint density at radius 2 is 1.68 bits per heavy atom. The van der Waals surface area contributed by atoms with Gasteiger partial charge in [-0.05, 0) is 56.7 Å². The fraction of sp³-hybridized carbons (Fsp3) is 0.286. The molecule has 3 N–H and O–H groups in total. The third-order valence-electron chi connectivity index (χ3n) is 4.03. The van der Waals surface area contributed by atoms with Crippen LogP contribution >= 0.6 is 11.8 Å². The maximum absolute atomic E-state index is 12.5. The molecular weight excluding hydrogens is 376 g/mol. The smallest absolute Gasteiger partial charge is 0.303 e. The number of carbonyl (C=O) groups is 3. The quantitative estimate of drug-likeness (QED) is 0.577. The highest BCUT2D eigenvalue weighted by molar-refractivity contribution is 8.00. The Balaban J connectivity index is 1.89. The molecule has 0 aliphatic heterocycles. The minimum absolute atomic E-state index is 0.0680. The first-order chi connectivity index (χ1) is 13.2. The van der Waals surface area contributed by atoms with Crippen LogP contribution in [-0.4, -0.2) is 28.1 Å². The summed E-state index contributed by atoms with van der Waals surface area (Å²) in [7, 11) is 0. The molecule has 6 nitrogen and oxygen atoms in total. The zero-order valence-electron chi connectivity index (χ0n) is 16.1. The minimum Gasteiger partial charge on any atom is -0.481 e. The van der Waals surface area contributed by atoms with E-state index in [1.807, 2.05) is 51.1 Å². The minimum atomic E-state index is -1.00. The molecule has 0 saturated heterocycles. The molecule has 1 atom stereocenters. The normalized spacial score (nSPS) is 11.5. The number of aryl methyl sites for hydroxylation is 2. The second-order valence-corrected chi connectivity index (χ2v) is 7.95. The Morgan fingerprint density at radius 3 is 2.29 bits per heavy atom. The lowest BCUT2D eigenvalue weighted by Crippen LogP contribution is -2.22. The van der Waals surface area contributed by atoms with Crippen molar-refractivity contribution in [3.05, 3.63) is 53.6 Å². The number of amides is 2. The van der Waals surface area contributed by atoms with Gasteiger partial charge < -0.3 is 15.7 Å². The summed E-state index contributed by atoms with van der Waals surface area (Å²) in [6, 6.07) is 13.0. The summed E-state index contributed by atoms with van der Waals surface area (Å²) < 4.78 is 0. The summed E-state index contributed by atoms with van der Waals surface area (Å²) in [4.78, 5) is 35.5. The lowest BCUT2D eigenvalue weighted by Gasteiger charge is -2.14. The van der Waals surface area contributed by atoms with E-state index in [0.29, 0.717) is 5.69 Å². The van der Waals surface area contributed by atoms with Gasteiger partial charge in [0.2, 0.25) is 11.8 Å². The van der Waals surface area contributed by atoms with Crippen LogP contribution in [0.3, 0.4) is 0 Å². The molecule has 148 valence electrons. The molecule has 28 heavy (non-hydrogen) atoms. The van der Waals surface area contributed by atoms with Gasteiger partial charge in [-0.1, -0.05) is 17.7 Å². The fourth-order valence-electron chi connectivity index (χ4n) is 2.51. The standard InChI is InChI=1S/C21H24N2O4S/c1-13-4-9-18(14(2)12-13)23-21(27)15(3)28-17-7-5-16(6-8-17)22-19(24)10-11-20(25)26/h4-9,12,15H,10-11H2,1-3H3,(H,22,24)(H,23,27)(H,25,26). The predicted molar refractivity (Wildman–Crippen MR) is 112 cm³/mol. The number of hydrogen-bond donors (Lipinski definition) is 3. The van der Waals surface area contributed by atoms with Crippen LogP contribution in [0.4, 0.5) is 11.4 Å². The van der Waals surface area contributed by atoms with Crippen molar-refractivity contribution in [2.75, 3.05) is 10.6 Å². The first-order valence-corrected chi connectivity index (χ1v) is 9.79. The number of aliphatic carboxylic acids is 1. The molecule has 2 amide bonds. The zero-order chi connectivity index (χ0) is 20.7. The Bertz CT molecular complexity index is 865. The van der Waals surface area contributed by atoms with Crippen LogP contribution in [-0.2, 0) is 14.4 Å². The molecule has 0 heterocycles. The highest BCUT2D eigenvalue weighted by atomic mass is 32.2. The molecule has 7 heteroatoms. The van der Waals surface area contributed by atoms with Gasteiger partial charge in [-0.15, -0.1) is 11.8 Å². The van der Waals surface area contributed by atoms with E-state index in [2.05, 4.69) is 10.6 Å². The van der Waals surface area contributed by atoms with E-state index in [-0.39, 0.29) is 29.9 Å². The number of thioether (sulfide) groups is 1. The van der Waals surface area contributed by atoms with E-state index in [4.69, 9.17) is 5.11 Å². The van der Waals surface area contributed by atoms with Gasteiger partial charge in [0.1, 0.15) is 0 Å². The topological polar surface area (TPSA) is 95.5 Å². The van der Waals surface area contributed by atoms with Gasteiger partial charge in [0, 0.05) is 22.7 Å².